The number of fused-ring (bicyclic) bond motifs is 1. The van der Waals surface area contributed by atoms with Crippen molar-refractivity contribution in [1.29, 1.82) is 0 Å². The standard InChI is InChI=1S/C19H14F3NO2/c1-11-16(18(24)25-2)14-8-3-4-9-15(14)23-17(11)12-6-5-7-13(10-12)19(20,21)22/h3-10H,1-2H3. The van der Waals surface area contributed by atoms with Crippen LogP contribution in [0.25, 0.3) is 22.2 Å². The summed E-state index contributed by atoms with van der Waals surface area (Å²) in [4.78, 5) is 16.7. The van der Waals surface area contributed by atoms with Crippen LogP contribution in [0.15, 0.2) is 48.5 Å². The molecule has 0 aliphatic rings. The number of esters is 1. The summed E-state index contributed by atoms with van der Waals surface area (Å²) in [6, 6.07) is 11.9. The Kier molecular flexibility index (Phi) is 4.20. The highest BCUT2D eigenvalue weighted by atomic mass is 19.4. The van der Waals surface area contributed by atoms with Gasteiger partial charge in [0.15, 0.2) is 0 Å². The number of benzene rings is 2. The molecule has 1 heterocycles. The van der Waals surface area contributed by atoms with Crippen molar-refractivity contribution < 1.29 is 22.7 Å². The highest BCUT2D eigenvalue weighted by molar-refractivity contribution is 6.06. The summed E-state index contributed by atoms with van der Waals surface area (Å²) >= 11 is 0. The van der Waals surface area contributed by atoms with Crippen LogP contribution in [-0.4, -0.2) is 18.1 Å². The Morgan fingerprint density at radius 3 is 2.48 bits per heavy atom. The van der Waals surface area contributed by atoms with Crippen molar-refractivity contribution in [3.05, 3.63) is 65.2 Å². The molecule has 0 aliphatic carbocycles. The smallest absolute Gasteiger partial charge is 0.416 e. The molecule has 3 aromatic rings. The Morgan fingerprint density at radius 2 is 1.80 bits per heavy atom. The fourth-order valence-corrected chi connectivity index (χ4v) is 2.80. The zero-order valence-corrected chi connectivity index (χ0v) is 13.5. The van der Waals surface area contributed by atoms with Crippen LogP contribution in [0.4, 0.5) is 13.2 Å². The lowest BCUT2D eigenvalue weighted by molar-refractivity contribution is -0.137. The summed E-state index contributed by atoms with van der Waals surface area (Å²) in [5, 5.41) is 0.600. The molecule has 0 atom stereocenters. The SMILES string of the molecule is COC(=O)c1c(C)c(-c2cccc(C(F)(F)F)c2)nc2ccccc12. The van der Waals surface area contributed by atoms with Crippen LogP contribution < -0.4 is 0 Å². The number of aromatic nitrogens is 1. The van der Waals surface area contributed by atoms with Gasteiger partial charge in [0.05, 0.1) is 29.4 Å². The normalized spacial score (nSPS) is 11.6. The molecule has 0 saturated heterocycles. The Hall–Kier alpha value is -2.89. The first kappa shape index (κ1) is 17.0. The molecule has 25 heavy (non-hydrogen) atoms. The lowest BCUT2D eigenvalue weighted by atomic mass is 9.97. The third-order valence-corrected chi connectivity index (χ3v) is 3.99. The van der Waals surface area contributed by atoms with Gasteiger partial charge in [0.1, 0.15) is 0 Å². The molecule has 0 unspecified atom stereocenters. The van der Waals surface area contributed by atoms with E-state index in [1.54, 1.807) is 37.3 Å². The van der Waals surface area contributed by atoms with Crippen LogP contribution in [0.2, 0.25) is 0 Å². The molecule has 0 radical (unpaired) electrons. The zero-order chi connectivity index (χ0) is 18.2. The van der Waals surface area contributed by atoms with Gasteiger partial charge in [0, 0.05) is 10.9 Å². The average molecular weight is 345 g/mol. The predicted octanol–water partition coefficient (Wildman–Crippen LogP) is 5.02. The number of hydrogen-bond acceptors (Lipinski definition) is 3. The second-order valence-electron chi connectivity index (χ2n) is 5.55. The number of pyridine rings is 1. The summed E-state index contributed by atoms with van der Waals surface area (Å²) < 4.78 is 43.9. The van der Waals surface area contributed by atoms with Gasteiger partial charge in [-0.1, -0.05) is 30.3 Å². The number of alkyl halides is 3. The van der Waals surface area contributed by atoms with Gasteiger partial charge in [-0.05, 0) is 30.7 Å². The molecule has 2 aromatic carbocycles. The Labute approximate surface area is 142 Å². The van der Waals surface area contributed by atoms with E-state index in [-0.39, 0.29) is 0 Å². The van der Waals surface area contributed by atoms with Gasteiger partial charge in [-0.25, -0.2) is 9.78 Å². The second kappa shape index (κ2) is 6.20. The topological polar surface area (TPSA) is 39.2 Å². The summed E-state index contributed by atoms with van der Waals surface area (Å²) in [6.45, 7) is 1.65. The molecule has 0 N–H and O–H groups in total. The Balaban J connectivity index is 2.31. The van der Waals surface area contributed by atoms with Crippen LogP contribution in [0, 0.1) is 6.92 Å². The van der Waals surface area contributed by atoms with E-state index in [2.05, 4.69) is 4.98 Å². The van der Waals surface area contributed by atoms with Crippen LogP contribution in [0.3, 0.4) is 0 Å². The van der Waals surface area contributed by atoms with Crippen molar-refractivity contribution in [3.8, 4) is 11.3 Å². The largest absolute Gasteiger partial charge is 0.465 e. The number of ether oxygens (including phenoxy) is 1. The van der Waals surface area contributed by atoms with E-state index in [0.29, 0.717) is 33.3 Å². The Bertz CT molecular complexity index is 965. The third-order valence-electron chi connectivity index (χ3n) is 3.99. The van der Waals surface area contributed by atoms with Crippen LogP contribution >= 0.6 is 0 Å². The Morgan fingerprint density at radius 1 is 1.08 bits per heavy atom. The molecule has 3 rings (SSSR count). The van der Waals surface area contributed by atoms with Crippen LogP contribution in [0.5, 0.6) is 0 Å². The van der Waals surface area contributed by atoms with Gasteiger partial charge in [-0.3, -0.25) is 0 Å². The minimum atomic E-state index is -4.45. The number of hydrogen-bond donors (Lipinski definition) is 0. The molecule has 3 nitrogen and oxygen atoms in total. The molecule has 128 valence electrons. The number of halogens is 3. The lowest BCUT2D eigenvalue weighted by Gasteiger charge is -2.14. The fourth-order valence-electron chi connectivity index (χ4n) is 2.80. The molecular formula is C19H14F3NO2. The van der Waals surface area contributed by atoms with Crippen molar-refractivity contribution in [2.45, 2.75) is 13.1 Å². The van der Waals surface area contributed by atoms with Gasteiger partial charge in [-0.15, -0.1) is 0 Å². The first-order chi connectivity index (χ1) is 11.8. The second-order valence-corrected chi connectivity index (χ2v) is 5.55. The molecule has 0 spiro atoms. The molecular weight excluding hydrogens is 331 g/mol. The maximum atomic E-state index is 13.0. The summed E-state index contributed by atoms with van der Waals surface area (Å²) in [5.41, 5.74) is 1.15. The zero-order valence-electron chi connectivity index (χ0n) is 13.5. The van der Waals surface area contributed by atoms with Crippen molar-refractivity contribution in [1.82, 2.24) is 4.98 Å². The maximum Gasteiger partial charge on any atom is 0.416 e. The monoisotopic (exact) mass is 345 g/mol. The van der Waals surface area contributed by atoms with Crippen molar-refractivity contribution in [3.63, 3.8) is 0 Å². The minimum Gasteiger partial charge on any atom is -0.465 e. The van der Waals surface area contributed by atoms with E-state index < -0.39 is 17.7 Å². The van der Waals surface area contributed by atoms with E-state index in [1.165, 1.54) is 13.2 Å². The van der Waals surface area contributed by atoms with Gasteiger partial charge in [0.2, 0.25) is 0 Å². The van der Waals surface area contributed by atoms with Crippen LogP contribution in [0.1, 0.15) is 21.5 Å². The molecule has 0 fully saturated rings. The van der Waals surface area contributed by atoms with E-state index in [9.17, 15) is 18.0 Å². The molecule has 0 amide bonds. The fraction of sp³-hybridized carbons (Fsp3) is 0.158. The highest BCUT2D eigenvalue weighted by Crippen LogP contribution is 2.34. The number of nitrogens with zero attached hydrogens (tertiary/aromatic N) is 1. The molecule has 0 saturated carbocycles. The van der Waals surface area contributed by atoms with E-state index in [0.717, 1.165) is 12.1 Å². The number of methoxy groups -OCH3 is 1. The molecule has 0 bridgehead atoms. The number of carbonyl (C=O) groups is 1. The number of carbonyl (C=O) groups excluding carboxylic acids is 1. The number of rotatable bonds is 2. The number of para-hydroxylation sites is 1. The first-order valence-corrected chi connectivity index (χ1v) is 7.48. The van der Waals surface area contributed by atoms with E-state index in [4.69, 9.17) is 4.74 Å². The van der Waals surface area contributed by atoms with Gasteiger partial charge in [0.25, 0.3) is 0 Å². The average Bonchev–Trinajstić information content (AvgIpc) is 2.60. The summed E-state index contributed by atoms with van der Waals surface area (Å²) in [7, 11) is 1.26. The van der Waals surface area contributed by atoms with Crippen LogP contribution in [-0.2, 0) is 10.9 Å². The van der Waals surface area contributed by atoms with Crippen molar-refractivity contribution in [2.75, 3.05) is 7.11 Å². The highest BCUT2D eigenvalue weighted by Gasteiger charge is 2.31. The molecule has 1 aromatic heterocycles. The first-order valence-electron chi connectivity index (χ1n) is 7.48. The van der Waals surface area contributed by atoms with Crippen molar-refractivity contribution >= 4 is 16.9 Å². The van der Waals surface area contributed by atoms with Crippen molar-refractivity contribution in [2.24, 2.45) is 0 Å². The lowest BCUT2D eigenvalue weighted by Crippen LogP contribution is -2.08. The van der Waals surface area contributed by atoms with Gasteiger partial charge < -0.3 is 4.74 Å². The van der Waals surface area contributed by atoms with E-state index >= 15 is 0 Å². The van der Waals surface area contributed by atoms with Gasteiger partial charge in [-0.2, -0.15) is 13.2 Å². The van der Waals surface area contributed by atoms with E-state index in [1.807, 2.05) is 0 Å². The predicted molar refractivity (Wildman–Crippen MR) is 88.3 cm³/mol. The third kappa shape index (κ3) is 3.07. The van der Waals surface area contributed by atoms with Gasteiger partial charge >= 0.3 is 12.1 Å². The quantitative estimate of drug-likeness (QED) is 0.613. The maximum absolute atomic E-state index is 13.0. The molecule has 6 heteroatoms. The minimum absolute atomic E-state index is 0.295. The molecule has 0 aliphatic heterocycles. The summed E-state index contributed by atoms with van der Waals surface area (Å²) in [6.07, 6.45) is -4.45. The summed E-state index contributed by atoms with van der Waals surface area (Å²) in [5.74, 6) is -0.552.